The Kier molecular flexibility index (Phi) is 3.48. The van der Waals surface area contributed by atoms with Crippen LogP contribution in [0.5, 0.6) is 0 Å². The van der Waals surface area contributed by atoms with Gasteiger partial charge in [-0.1, -0.05) is 0 Å². The summed E-state index contributed by atoms with van der Waals surface area (Å²) in [7, 11) is 0. The summed E-state index contributed by atoms with van der Waals surface area (Å²) < 4.78 is 15.0. The summed E-state index contributed by atoms with van der Waals surface area (Å²) in [6, 6.07) is 2.63. The summed E-state index contributed by atoms with van der Waals surface area (Å²) in [5.41, 5.74) is 3.81. The zero-order chi connectivity index (χ0) is 17.8. The van der Waals surface area contributed by atoms with Crippen molar-refractivity contribution in [2.24, 2.45) is 0 Å². The molecule has 1 aliphatic rings. The number of carbonyl (C=O) groups is 3. The number of carboxylic acids is 1. The number of nitrogens with one attached hydrogen (secondary N) is 1. The highest BCUT2D eigenvalue weighted by atomic mass is 79.9. The number of nitrogens with two attached hydrogens (primary N) is 1. The predicted molar refractivity (Wildman–Crippen MR) is 82.9 cm³/mol. The van der Waals surface area contributed by atoms with E-state index in [0.29, 0.717) is 10.6 Å². The number of fused-ring (bicyclic) bond motifs is 1. The van der Waals surface area contributed by atoms with Crippen molar-refractivity contribution in [2.45, 2.75) is 0 Å². The summed E-state index contributed by atoms with van der Waals surface area (Å²) in [5, 5.41) is 11.0. The molecular formula is C14H7BrFN3O5. The quantitative estimate of drug-likeness (QED) is 0.647. The lowest BCUT2D eigenvalue weighted by Crippen LogP contribution is -2.25. The molecule has 1 aliphatic heterocycles. The van der Waals surface area contributed by atoms with E-state index in [4.69, 9.17) is 10.8 Å². The molecule has 0 bridgehead atoms. The molecule has 0 atom stereocenters. The number of pyridine rings is 1. The van der Waals surface area contributed by atoms with Gasteiger partial charge in [-0.15, -0.1) is 0 Å². The van der Waals surface area contributed by atoms with Gasteiger partial charge in [-0.2, -0.15) is 0 Å². The Balaban J connectivity index is 2.33. The standard InChI is InChI=1S/C14H7BrFN3O5/c15-6-3-8(7(16)1-4(6)14(23)24)19-9(20)2-5-10(11(19)17)13(22)18-12(5)21/h1-3H,17H2,(H,23,24)(H,18,21,22). The molecule has 1 aromatic carbocycles. The van der Waals surface area contributed by atoms with Crippen LogP contribution in [-0.4, -0.2) is 27.5 Å². The third-order valence-corrected chi connectivity index (χ3v) is 4.12. The second kappa shape index (κ2) is 5.27. The zero-order valence-electron chi connectivity index (χ0n) is 11.6. The molecule has 24 heavy (non-hydrogen) atoms. The second-order valence-electron chi connectivity index (χ2n) is 4.86. The minimum absolute atomic E-state index is 0.0127. The molecule has 0 fully saturated rings. The average molecular weight is 396 g/mol. The number of hydrogen-bond acceptors (Lipinski definition) is 5. The van der Waals surface area contributed by atoms with Crippen LogP contribution in [0, 0.1) is 5.82 Å². The molecule has 8 nitrogen and oxygen atoms in total. The lowest BCUT2D eigenvalue weighted by molar-refractivity contribution is 0.0694. The van der Waals surface area contributed by atoms with E-state index in [-0.39, 0.29) is 26.9 Å². The van der Waals surface area contributed by atoms with Crippen molar-refractivity contribution < 1.29 is 23.9 Å². The van der Waals surface area contributed by atoms with E-state index in [9.17, 15) is 23.6 Å². The molecule has 0 radical (unpaired) electrons. The Hall–Kier alpha value is -3.01. The number of halogens is 2. The van der Waals surface area contributed by atoms with Crippen LogP contribution in [0.25, 0.3) is 5.69 Å². The number of nitrogen functional groups attached to an aromatic ring is 1. The average Bonchev–Trinajstić information content (AvgIpc) is 2.76. The van der Waals surface area contributed by atoms with E-state index >= 15 is 0 Å². The van der Waals surface area contributed by atoms with Crippen LogP contribution < -0.4 is 16.6 Å². The van der Waals surface area contributed by atoms with Crippen LogP contribution in [0.1, 0.15) is 31.1 Å². The highest BCUT2D eigenvalue weighted by Gasteiger charge is 2.32. The van der Waals surface area contributed by atoms with Crippen LogP contribution in [0.3, 0.4) is 0 Å². The minimum atomic E-state index is -1.37. The maximum absolute atomic E-state index is 14.3. The number of hydrogen-bond donors (Lipinski definition) is 3. The van der Waals surface area contributed by atoms with Crippen LogP contribution >= 0.6 is 15.9 Å². The maximum atomic E-state index is 14.3. The Labute approximate surface area is 140 Å². The number of imide groups is 1. The molecule has 0 unspecified atom stereocenters. The Morgan fingerprint density at radius 1 is 1.21 bits per heavy atom. The number of rotatable bonds is 2. The van der Waals surface area contributed by atoms with Crippen LogP contribution in [0.2, 0.25) is 0 Å². The van der Waals surface area contributed by atoms with E-state index in [0.717, 1.165) is 12.1 Å². The molecule has 0 saturated carbocycles. The third kappa shape index (κ3) is 2.19. The molecule has 122 valence electrons. The van der Waals surface area contributed by atoms with Crippen molar-refractivity contribution >= 4 is 39.5 Å². The monoisotopic (exact) mass is 395 g/mol. The molecule has 0 aliphatic carbocycles. The molecule has 2 amide bonds. The topological polar surface area (TPSA) is 131 Å². The van der Waals surface area contributed by atoms with Gasteiger partial charge in [0.1, 0.15) is 11.6 Å². The summed E-state index contributed by atoms with van der Waals surface area (Å²) in [6.07, 6.45) is 0. The first-order valence-corrected chi connectivity index (χ1v) is 7.15. The van der Waals surface area contributed by atoms with Crippen LogP contribution in [-0.2, 0) is 0 Å². The highest BCUT2D eigenvalue weighted by molar-refractivity contribution is 9.10. The maximum Gasteiger partial charge on any atom is 0.336 e. The SMILES string of the molecule is Nc1c2c(cc(=O)n1-c1cc(Br)c(C(=O)O)cc1F)C(=O)NC2=O. The molecule has 3 rings (SSSR count). The molecule has 1 aromatic heterocycles. The number of carbonyl (C=O) groups excluding carboxylic acids is 2. The zero-order valence-corrected chi connectivity index (χ0v) is 13.2. The van der Waals surface area contributed by atoms with E-state index in [1.165, 1.54) is 0 Å². The largest absolute Gasteiger partial charge is 0.478 e. The molecule has 2 heterocycles. The van der Waals surface area contributed by atoms with Gasteiger partial charge in [-0.25, -0.2) is 9.18 Å². The predicted octanol–water partition coefficient (Wildman–Crippen LogP) is 0.903. The van der Waals surface area contributed by atoms with Crippen LogP contribution in [0.15, 0.2) is 27.5 Å². The number of anilines is 1. The van der Waals surface area contributed by atoms with Crippen molar-refractivity contribution in [3.05, 3.63) is 55.5 Å². The first-order chi connectivity index (χ1) is 11.2. The van der Waals surface area contributed by atoms with Gasteiger partial charge in [-0.3, -0.25) is 24.3 Å². The number of benzene rings is 1. The van der Waals surface area contributed by atoms with E-state index in [1.54, 1.807) is 0 Å². The summed E-state index contributed by atoms with van der Waals surface area (Å²) in [6.45, 7) is 0. The number of amides is 2. The Morgan fingerprint density at radius 3 is 2.50 bits per heavy atom. The Bertz CT molecular complexity index is 1010. The summed E-state index contributed by atoms with van der Waals surface area (Å²) in [4.78, 5) is 46.6. The minimum Gasteiger partial charge on any atom is -0.478 e. The van der Waals surface area contributed by atoms with Gasteiger partial charge in [0.05, 0.1) is 22.4 Å². The lowest BCUT2D eigenvalue weighted by Gasteiger charge is -2.13. The molecule has 0 saturated heterocycles. The fourth-order valence-electron chi connectivity index (χ4n) is 2.40. The normalized spacial score (nSPS) is 12.9. The summed E-state index contributed by atoms with van der Waals surface area (Å²) >= 11 is 2.98. The van der Waals surface area contributed by atoms with Gasteiger partial charge in [-0.05, 0) is 28.1 Å². The van der Waals surface area contributed by atoms with Crippen molar-refractivity contribution in [3.8, 4) is 5.69 Å². The smallest absolute Gasteiger partial charge is 0.336 e. The fraction of sp³-hybridized carbons (Fsp3) is 0. The van der Waals surface area contributed by atoms with E-state index < -0.39 is 35.0 Å². The first kappa shape index (κ1) is 15.9. The first-order valence-electron chi connectivity index (χ1n) is 6.36. The fourth-order valence-corrected chi connectivity index (χ4v) is 2.90. The molecule has 10 heteroatoms. The van der Waals surface area contributed by atoms with Gasteiger partial charge in [0.2, 0.25) is 0 Å². The molecular weight excluding hydrogens is 389 g/mol. The number of carboxylic acid groups (broad SMARTS) is 1. The van der Waals surface area contributed by atoms with Crippen molar-refractivity contribution in [3.63, 3.8) is 0 Å². The Morgan fingerprint density at radius 2 is 1.88 bits per heavy atom. The number of nitrogens with zero attached hydrogens (tertiary/aromatic N) is 1. The van der Waals surface area contributed by atoms with Gasteiger partial charge in [0.25, 0.3) is 17.4 Å². The van der Waals surface area contributed by atoms with Crippen molar-refractivity contribution in [1.29, 1.82) is 0 Å². The lowest BCUT2D eigenvalue weighted by atomic mass is 10.1. The third-order valence-electron chi connectivity index (χ3n) is 3.46. The summed E-state index contributed by atoms with van der Waals surface area (Å²) in [5.74, 6) is -4.40. The van der Waals surface area contributed by atoms with Gasteiger partial charge in [0.15, 0.2) is 0 Å². The molecule has 4 N–H and O–H groups in total. The molecule has 2 aromatic rings. The van der Waals surface area contributed by atoms with Gasteiger partial charge >= 0.3 is 5.97 Å². The van der Waals surface area contributed by atoms with E-state index in [2.05, 4.69) is 15.9 Å². The van der Waals surface area contributed by atoms with Gasteiger partial charge < -0.3 is 10.8 Å². The van der Waals surface area contributed by atoms with Crippen molar-refractivity contribution in [2.75, 3.05) is 5.73 Å². The van der Waals surface area contributed by atoms with Gasteiger partial charge in [0, 0.05) is 10.5 Å². The van der Waals surface area contributed by atoms with E-state index in [1.807, 2.05) is 5.32 Å². The van der Waals surface area contributed by atoms with Crippen LogP contribution in [0.4, 0.5) is 10.2 Å². The second-order valence-corrected chi connectivity index (χ2v) is 5.72. The number of aromatic nitrogens is 1. The van der Waals surface area contributed by atoms with Crippen molar-refractivity contribution in [1.82, 2.24) is 9.88 Å². The highest BCUT2D eigenvalue weighted by Crippen LogP contribution is 2.27. The molecule has 0 spiro atoms. The number of aromatic carboxylic acids is 1.